The third-order valence-corrected chi connectivity index (χ3v) is 20.4. The zero-order valence-corrected chi connectivity index (χ0v) is 49.7. The average molecular weight is 1120 g/mol. The molecule has 0 atom stereocenters. The summed E-state index contributed by atoms with van der Waals surface area (Å²) in [5, 5.41) is 17.7. The summed E-state index contributed by atoms with van der Waals surface area (Å²) in [6, 6.07) is 110. The van der Waals surface area contributed by atoms with E-state index in [1.165, 1.54) is 187 Å². The van der Waals surface area contributed by atoms with Gasteiger partial charge in [-0.05, 0) is 199 Å². The molecule has 0 heteroatoms. The summed E-state index contributed by atoms with van der Waals surface area (Å²) in [6.07, 6.45) is 0. The highest BCUT2D eigenvalue weighted by atomic mass is 14.5. The van der Waals surface area contributed by atoms with Gasteiger partial charge in [-0.3, -0.25) is 0 Å². The largest absolute Gasteiger partial charge is 0.0616 e. The molecule has 0 aromatic heterocycles. The van der Waals surface area contributed by atoms with Crippen LogP contribution in [0.2, 0.25) is 0 Å². The van der Waals surface area contributed by atoms with Crippen LogP contribution in [0.1, 0.15) is 49.9 Å². The topological polar surface area (TPSA) is 0 Å². The molecule has 2 aliphatic rings. The molecule has 0 spiro atoms. The fourth-order valence-corrected chi connectivity index (χ4v) is 16.6. The van der Waals surface area contributed by atoms with E-state index in [-0.39, 0.29) is 10.8 Å². The lowest BCUT2D eigenvalue weighted by atomic mass is 9.71. The molecule has 412 valence electrons. The Hall–Kier alpha value is -10.7. The minimum atomic E-state index is -0.329. The molecule has 0 heterocycles. The van der Waals surface area contributed by atoms with Crippen LogP contribution in [-0.4, -0.2) is 0 Å². The number of hydrogen-bond acceptors (Lipinski definition) is 0. The van der Waals surface area contributed by atoms with E-state index in [4.69, 9.17) is 0 Å². The molecule has 0 fully saturated rings. The van der Waals surface area contributed by atoms with Gasteiger partial charge in [0.2, 0.25) is 0 Å². The van der Waals surface area contributed by atoms with Gasteiger partial charge in [-0.15, -0.1) is 0 Å². The maximum atomic E-state index is 2.57. The second-order valence-corrected chi connectivity index (χ2v) is 25.6. The van der Waals surface area contributed by atoms with Crippen molar-refractivity contribution in [2.45, 2.75) is 38.5 Å². The van der Waals surface area contributed by atoms with Crippen LogP contribution in [0.4, 0.5) is 0 Å². The first kappa shape index (κ1) is 50.6. The highest BCUT2D eigenvalue weighted by Crippen LogP contribution is 2.63. The summed E-state index contributed by atoms with van der Waals surface area (Å²) in [6.45, 7) is 10.0. The van der Waals surface area contributed by atoms with Gasteiger partial charge < -0.3 is 0 Å². The van der Waals surface area contributed by atoms with E-state index < -0.39 is 0 Å². The Morgan fingerprint density at radius 1 is 0.182 bits per heavy atom. The monoisotopic (exact) mass is 1120 g/mol. The van der Waals surface area contributed by atoms with Gasteiger partial charge >= 0.3 is 0 Å². The summed E-state index contributed by atoms with van der Waals surface area (Å²) in [5.41, 5.74) is 25.5. The van der Waals surface area contributed by atoms with Gasteiger partial charge in [-0.25, -0.2) is 0 Å². The van der Waals surface area contributed by atoms with E-state index in [1.54, 1.807) is 0 Å². The summed E-state index contributed by atoms with van der Waals surface area (Å²) in [7, 11) is 0. The van der Waals surface area contributed by atoms with Crippen LogP contribution < -0.4 is 0 Å². The third kappa shape index (κ3) is 7.09. The summed E-state index contributed by atoms with van der Waals surface area (Å²) in [5.74, 6) is 0. The minimum absolute atomic E-state index is 0.329. The van der Waals surface area contributed by atoms with Crippen LogP contribution in [0.5, 0.6) is 0 Å². The molecule has 0 unspecified atom stereocenters. The van der Waals surface area contributed by atoms with Crippen LogP contribution in [0.15, 0.2) is 291 Å². The fourth-order valence-electron chi connectivity index (χ4n) is 16.6. The van der Waals surface area contributed by atoms with Crippen LogP contribution >= 0.6 is 0 Å². The Morgan fingerprint density at radius 2 is 0.432 bits per heavy atom. The number of rotatable bonds is 6. The fraction of sp³-hybridized carbons (Fsp3) is 0.0682. The minimum Gasteiger partial charge on any atom is -0.0616 e. The highest BCUT2D eigenvalue weighted by molar-refractivity contribution is 6.25. The van der Waals surface area contributed by atoms with E-state index in [9.17, 15) is 0 Å². The van der Waals surface area contributed by atoms with Gasteiger partial charge in [0, 0.05) is 10.8 Å². The SMILES string of the molecule is CC1(C)c2cc(-c3c4ccccc4c(-c4ccccc4-c4cccc5ccccc45)c4ccccc34)ccc2-c2c1c1c(c3ccccc23)-c2ccc(-c3c4ccccc4c(-c4ccccc4-c4cccc5ccccc45)c4ccccc34)cc2C1(C)C. The average Bonchev–Trinajstić information content (AvgIpc) is 1.51. The van der Waals surface area contributed by atoms with Gasteiger partial charge in [0.25, 0.3) is 0 Å². The predicted octanol–water partition coefficient (Wildman–Crippen LogP) is 24.4. The molecule has 0 N–H and O–H groups in total. The second-order valence-electron chi connectivity index (χ2n) is 25.6. The Bertz CT molecular complexity index is 5210. The third-order valence-electron chi connectivity index (χ3n) is 20.4. The number of benzene rings is 16. The van der Waals surface area contributed by atoms with Gasteiger partial charge in [-0.2, -0.15) is 0 Å². The second kappa shape index (κ2) is 18.9. The zero-order chi connectivity index (χ0) is 58.6. The Kier molecular flexibility index (Phi) is 10.9. The van der Waals surface area contributed by atoms with Crippen molar-refractivity contribution in [3.63, 3.8) is 0 Å². The van der Waals surface area contributed by atoms with Crippen molar-refractivity contribution in [3.8, 4) is 89.0 Å². The summed E-state index contributed by atoms with van der Waals surface area (Å²) >= 11 is 0. The molecule has 0 bridgehead atoms. The Labute approximate surface area is 513 Å². The van der Waals surface area contributed by atoms with Gasteiger partial charge in [0.05, 0.1) is 0 Å². The van der Waals surface area contributed by atoms with Crippen LogP contribution in [0, 0.1) is 0 Å². The molecule has 2 aliphatic carbocycles. The molecular formula is C88H60. The van der Waals surface area contributed by atoms with E-state index in [2.05, 4.69) is 319 Å². The van der Waals surface area contributed by atoms with Crippen molar-refractivity contribution in [3.05, 3.63) is 313 Å². The van der Waals surface area contributed by atoms with Crippen molar-refractivity contribution in [2.24, 2.45) is 0 Å². The molecule has 0 saturated carbocycles. The van der Waals surface area contributed by atoms with Crippen molar-refractivity contribution in [1.29, 1.82) is 0 Å². The first-order valence-electron chi connectivity index (χ1n) is 31.2. The normalized spacial score (nSPS) is 13.6. The Balaban J connectivity index is 0.801. The van der Waals surface area contributed by atoms with E-state index in [0.717, 1.165) is 0 Å². The first-order valence-corrected chi connectivity index (χ1v) is 31.2. The highest BCUT2D eigenvalue weighted by Gasteiger charge is 2.47. The summed E-state index contributed by atoms with van der Waals surface area (Å²) in [4.78, 5) is 0. The van der Waals surface area contributed by atoms with E-state index in [0.29, 0.717) is 0 Å². The quantitative estimate of drug-likeness (QED) is 0.146. The van der Waals surface area contributed by atoms with Crippen molar-refractivity contribution >= 4 is 75.4 Å². The van der Waals surface area contributed by atoms with Crippen LogP contribution in [-0.2, 0) is 10.8 Å². The van der Waals surface area contributed by atoms with E-state index in [1.807, 2.05) is 0 Å². The van der Waals surface area contributed by atoms with Crippen molar-refractivity contribution < 1.29 is 0 Å². The van der Waals surface area contributed by atoms with Crippen LogP contribution in [0.25, 0.3) is 164 Å². The molecule has 0 aliphatic heterocycles. The lowest BCUT2D eigenvalue weighted by molar-refractivity contribution is 0.602. The molecule has 18 rings (SSSR count). The molecule has 0 nitrogen and oxygen atoms in total. The molecule has 0 saturated heterocycles. The maximum Gasteiger partial charge on any atom is 0.0162 e. The summed E-state index contributed by atoms with van der Waals surface area (Å²) < 4.78 is 0. The van der Waals surface area contributed by atoms with Crippen molar-refractivity contribution in [2.75, 3.05) is 0 Å². The maximum absolute atomic E-state index is 2.57. The number of fused-ring (bicyclic) bond motifs is 16. The lowest BCUT2D eigenvalue weighted by Crippen LogP contribution is -2.24. The first-order chi connectivity index (χ1) is 43.2. The molecule has 0 amide bonds. The smallest absolute Gasteiger partial charge is 0.0162 e. The zero-order valence-electron chi connectivity index (χ0n) is 49.7. The lowest BCUT2D eigenvalue weighted by Gasteiger charge is -2.31. The van der Waals surface area contributed by atoms with Gasteiger partial charge in [0.15, 0.2) is 0 Å². The van der Waals surface area contributed by atoms with Gasteiger partial charge in [-0.1, -0.05) is 307 Å². The molecular weight excluding hydrogens is 1060 g/mol. The standard InChI is InChI=1S/C88H60/c1-87(2)77-51-55(79-65-35-13-17-39-69(65)81(70-40-18-14-36-66(70)79)63-33-11-9-31-61(63)59-45-23-27-53-25-5-7-29-57(53)59)47-49-75(77)83-73-43-21-22-44-74(73)84-76-50-48-56(52-78(76)88(3,4)86(84)85(83)87)80-67-37-15-19-41-71(67)82(72-42-20-16-38-68(72)80)64-34-12-10-32-62(64)60-46-24-28-54-26-6-8-30-58(54)60/h5-52H,1-4H3. The van der Waals surface area contributed by atoms with Crippen LogP contribution in [0.3, 0.4) is 0 Å². The van der Waals surface area contributed by atoms with E-state index >= 15 is 0 Å². The van der Waals surface area contributed by atoms with Crippen molar-refractivity contribution in [1.82, 2.24) is 0 Å². The van der Waals surface area contributed by atoms with Gasteiger partial charge in [0.1, 0.15) is 0 Å². The molecule has 16 aromatic carbocycles. The molecule has 88 heavy (non-hydrogen) atoms. The predicted molar refractivity (Wildman–Crippen MR) is 377 cm³/mol. The molecule has 16 aromatic rings. The number of hydrogen-bond donors (Lipinski definition) is 0. The Morgan fingerprint density at radius 3 is 0.773 bits per heavy atom. The molecule has 0 radical (unpaired) electrons.